The summed E-state index contributed by atoms with van der Waals surface area (Å²) >= 11 is 0. The van der Waals surface area contributed by atoms with E-state index in [0.29, 0.717) is 35.2 Å². The number of nitrogens with zero attached hydrogens (tertiary/aromatic N) is 4. The highest BCUT2D eigenvalue weighted by molar-refractivity contribution is 6.75. The van der Waals surface area contributed by atoms with Gasteiger partial charge >= 0.3 is 0 Å². The summed E-state index contributed by atoms with van der Waals surface area (Å²) in [5, 5.41) is 0.932. The summed E-state index contributed by atoms with van der Waals surface area (Å²) in [7, 11) is -5.20. The van der Waals surface area contributed by atoms with Gasteiger partial charge in [0.15, 0.2) is 48.1 Å². The van der Waals surface area contributed by atoms with Gasteiger partial charge in [0, 0.05) is 5.39 Å². The van der Waals surface area contributed by atoms with E-state index < -0.39 is 37.3 Å². The van der Waals surface area contributed by atoms with Crippen LogP contribution < -0.4 is 4.74 Å². The SMILES string of the molecule is COc1nc(-c2cc3ccccc3o2)nc2c1ncn2[C@@H]1O[C@H](CO[Si](C)(C)C(C)(C)C)[C@@H](O[Si](C)(C)C(C)(C)C)[C@H]1O[Si](C)(C)C(C)(C)C. The predicted molar refractivity (Wildman–Crippen MR) is 208 cm³/mol. The van der Waals surface area contributed by atoms with E-state index in [1.165, 1.54) is 0 Å². The van der Waals surface area contributed by atoms with Crippen LogP contribution in [-0.2, 0) is 18.0 Å². The highest BCUT2D eigenvalue weighted by atomic mass is 28.4. The van der Waals surface area contributed by atoms with Crippen LogP contribution in [0.1, 0.15) is 68.5 Å². The van der Waals surface area contributed by atoms with Crippen LogP contribution in [0.3, 0.4) is 0 Å². The standard InChI is InChI=1S/C37H60N4O6Si3/c1-35(2,3)48(11,12)43-22-27-29(46-49(13,14)36(4,5)6)30(47-50(15,16)37(7,8)9)34(45-27)41-23-38-28-32(41)39-31(40-33(28)42-10)26-21-24-19-17-18-20-25(24)44-26/h17-21,23,27,29-30,34H,22H2,1-16H3/t27-,29-,30-,34-/m1/s1. The molecule has 4 atom stereocenters. The second-order valence-corrected chi connectivity index (χ2v) is 32.7. The number of fused-ring (bicyclic) bond motifs is 2. The van der Waals surface area contributed by atoms with Crippen molar-refractivity contribution in [2.75, 3.05) is 13.7 Å². The Kier molecular flexibility index (Phi) is 10.3. The van der Waals surface area contributed by atoms with Crippen molar-refractivity contribution in [3.05, 3.63) is 36.7 Å². The minimum atomic E-state index is -2.36. The summed E-state index contributed by atoms with van der Waals surface area (Å²) < 4.78 is 42.7. The molecule has 10 nitrogen and oxygen atoms in total. The molecule has 0 aliphatic carbocycles. The first-order valence-electron chi connectivity index (χ1n) is 17.8. The van der Waals surface area contributed by atoms with Crippen molar-refractivity contribution in [2.45, 2.75) is 141 Å². The zero-order valence-corrected chi connectivity index (χ0v) is 36.2. The van der Waals surface area contributed by atoms with Crippen molar-refractivity contribution in [3.63, 3.8) is 0 Å². The summed E-state index contributed by atoms with van der Waals surface area (Å²) in [4.78, 5) is 14.5. The molecule has 13 heteroatoms. The molecule has 0 saturated carbocycles. The molecule has 0 amide bonds. The molecule has 1 aliphatic heterocycles. The molecule has 3 aromatic heterocycles. The van der Waals surface area contributed by atoms with Crippen LogP contribution in [-0.4, -0.2) is 76.5 Å². The van der Waals surface area contributed by atoms with Gasteiger partial charge in [-0.1, -0.05) is 80.5 Å². The average molecular weight is 741 g/mol. The summed E-state index contributed by atoms with van der Waals surface area (Å²) in [6.07, 6.45) is -0.0480. The summed E-state index contributed by atoms with van der Waals surface area (Å²) in [6.45, 7) is 34.5. The van der Waals surface area contributed by atoms with E-state index in [4.69, 9.17) is 42.1 Å². The molecule has 4 heterocycles. The summed E-state index contributed by atoms with van der Waals surface area (Å²) in [5.41, 5.74) is 1.86. The predicted octanol–water partition coefficient (Wildman–Crippen LogP) is 9.95. The fourth-order valence-electron chi connectivity index (χ4n) is 5.30. The highest BCUT2D eigenvalue weighted by Gasteiger charge is 2.55. The lowest BCUT2D eigenvalue weighted by atomic mass is 10.1. The van der Waals surface area contributed by atoms with Crippen LogP contribution in [0.25, 0.3) is 33.7 Å². The van der Waals surface area contributed by atoms with Crippen LogP contribution in [0, 0.1) is 0 Å². The van der Waals surface area contributed by atoms with Crippen LogP contribution >= 0.6 is 0 Å². The lowest BCUT2D eigenvalue weighted by Crippen LogP contribution is -2.54. The topological polar surface area (TPSA) is 103 Å². The van der Waals surface area contributed by atoms with Crippen LogP contribution in [0.4, 0.5) is 0 Å². The van der Waals surface area contributed by atoms with E-state index in [-0.39, 0.29) is 27.3 Å². The monoisotopic (exact) mass is 740 g/mol. The fraction of sp³-hybridized carbons (Fsp3) is 0.649. The minimum Gasteiger partial charge on any atom is -0.479 e. The molecule has 1 aromatic carbocycles. The Morgan fingerprint density at radius 3 is 1.92 bits per heavy atom. The van der Waals surface area contributed by atoms with E-state index in [1.807, 2.05) is 34.9 Å². The molecule has 1 aliphatic rings. The average Bonchev–Trinajstić information content (AvgIpc) is 3.69. The van der Waals surface area contributed by atoms with Gasteiger partial charge in [-0.15, -0.1) is 0 Å². The van der Waals surface area contributed by atoms with Gasteiger partial charge in [0.05, 0.1) is 20.0 Å². The van der Waals surface area contributed by atoms with Crippen LogP contribution in [0.15, 0.2) is 41.1 Å². The van der Waals surface area contributed by atoms with Gasteiger partial charge in [-0.05, 0) is 66.5 Å². The number of hydrogen-bond donors (Lipinski definition) is 0. The third kappa shape index (κ3) is 7.42. The summed E-state index contributed by atoms with van der Waals surface area (Å²) in [6, 6.07) is 9.82. The maximum absolute atomic E-state index is 7.39. The van der Waals surface area contributed by atoms with Crippen LogP contribution in [0.2, 0.25) is 54.4 Å². The first-order valence-corrected chi connectivity index (χ1v) is 26.5. The van der Waals surface area contributed by atoms with E-state index in [0.717, 1.165) is 11.0 Å². The van der Waals surface area contributed by atoms with E-state index in [2.05, 4.69) is 102 Å². The second kappa shape index (κ2) is 13.2. The third-order valence-corrected chi connectivity index (χ3v) is 25.1. The van der Waals surface area contributed by atoms with Gasteiger partial charge < -0.3 is 27.2 Å². The van der Waals surface area contributed by atoms with Gasteiger partial charge in [0.25, 0.3) is 0 Å². The summed E-state index contributed by atoms with van der Waals surface area (Å²) in [5.74, 6) is 1.30. The Bertz CT molecular complexity index is 1780. The Balaban J connectivity index is 1.67. The number of ether oxygens (including phenoxy) is 2. The molecule has 1 fully saturated rings. The molecule has 0 N–H and O–H groups in total. The molecular formula is C37H60N4O6Si3. The van der Waals surface area contributed by atoms with Gasteiger partial charge in [-0.25, -0.2) is 9.97 Å². The Morgan fingerprint density at radius 1 is 0.780 bits per heavy atom. The van der Waals surface area contributed by atoms with E-state index in [9.17, 15) is 0 Å². The number of benzene rings is 1. The highest BCUT2D eigenvalue weighted by Crippen LogP contribution is 2.47. The van der Waals surface area contributed by atoms with Crippen molar-refractivity contribution in [3.8, 4) is 17.5 Å². The fourth-order valence-corrected chi connectivity index (χ4v) is 8.91. The molecular weight excluding hydrogens is 681 g/mol. The number of rotatable bonds is 10. The molecule has 0 unspecified atom stereocenters. The van der Waals surface area contributed by atoms with Crippen molar-refractivity contribution in [1.82, 2.24) is 19.5 Å². The molecule has 4 aromatic rings. The quantitative estimate of drug-likeness (QED) is 0.147. The normalized spacial score (nSPS) is 21.4. The van der Waals surface area contributed by atoms with Gasteiger partial charge in [0.1, 0.15) is 23.9 Å². The maximum atomic E-state index is 7.39. The Hall–Kier alpha value is -2.40. The number of imidazole rings is 1. The molecule has 1 saturated heterocycles. The molecule has 0 spiro atoms. The van der Waals surface area contributed by atoms with Gasteiger partial charge in [-0.3, -0.25) is 4.57 Å². The lowest BCUT2D eigenvalue weighted by molar-refractivity contribution is -0.0470. The second-order valence-electron chi connectivity index (χ2n) is 18.4. The molecule has 276 valence electrons. The zero-order chi connectivity index (χ0) is 37.2. The zero-order valence-electron chi connectivity index (χ0n) is 33.2. The molecule has 0 radical (unpaired) electrons. The number of para-hydroxylation sites is 1. The van der Waals surface area contributed by atoms with Crippen LogP contribution in [0.5, 0.6) is 5.88 Å². The molecule has 0 bridgehead atoms. The largest absolute Gasteiger partial charge is 0.479 e. The maximum Gasteiger partial charge on any atom is 0.245 e. The number of methoxy groups -OCH3 is 1. The van der Waals surface area contributed by atoms with Gasteiger partial charge in [0.2, 0.25) is 11.7 Å². The Labute approximate surface area is 302 Å². The van der Waals surface area contributed by atoms with E-state index >= 15 is 0 Å². The van der Waals surface area contributed by atoms with Crippen molar-refractivity contribution >= 4 is 47.1 Å². The molecule has 50 heavy (non-hydrogen) atoms. The number of hydrogen-bond acceptors (Lipinski definition) is 9. The minimum absolute atomic E-state index is 0.0266. The van der Waals surface area contributed by atoms with E-state index in [1.54, 1.807) is 13.4 Å². The molecule has 5 rings (SSSR count). The van der Waals surface area contributed by atoms with Crippen molar-refractivity contribution in [2.24, 2.45) is 0 Å². The first-order chi connectivity index (χ1) is 22.9. The van der Waals surface area contributed by atoms with Crippen molar-refractivity contribution in [1.29, 1.82) is 0 Å². The number of furan rings is 1. The lowest BCUT2D eigenvalue weighted by Gasteiger charge is -2.44. The smallest absolute Gasteiger partial charge is 0.245 e. The third-order valence-electron chi connectivity index (χ3n) is 11.7. The first kappa shape index (κ1) is 38.8. The van der Waals surface area contributed by atoms with Gasteiger partial charge in [-0.2, -0.15) is 4.98 Å². The van der Waals surface area contributed by atoms with Crippen molar-refractivity contribution < 1.29 is 27.2 Å². The Morgan fingerprint density at radius 2 is 1.36 bits per heavy atom. The number of aromatic nitrogens is 4.